The molecule has 110 valence electrons. The lowest BCUT2D eigenvalue weighted by molar-refractivity contribution is -0.385. The van der Waals surface area contributed by atoms with Crippen molar-refractivity contribution < 1.29 is 18.4 Å². The van der Waals surface area contributed by atoms with Crippen LogP contribution in [0.1, 0.15) is 18.2 Å². The molecule has 0 atom stereocenters. The smallest absolute Gasteiger partial charge is 0.275 e. The fourth-order valence-electron chi connectivity index (χ4n) is 1.73. The molecule has 0 spiro atoms. The number of hydrogen-bond acceptors (Lipinski definition) is 5. The molecule has 2 aromatic rings. The van der Waals surface area contributed by atoms with E-state index >= 15 is 0 Å². The topological polar surface area (TPSA) is 78.2 Å². The number of hydrogen-bond donors (Lipinski definition) is 0. The van der Waals surface area contributed by atoms with Gasteiger partial charge in [0.25, 0.3) is 11.6 Å². The van der Waals surface area contributed by atoms with Gasteiger partial charge in [0.1, 0.15) is 6.33 Å². The van der Waals surface area contributed by atoms with Crippen LogP contribution in [-0.2, 0) is 6.42 Å². The van der Waals surface area contributed by atoms with E-state index in [1.54, 1.807) is 6.92 Å². The lowest BCUT2D eigenvalue weighted by Crippen LogP contribution is -2.01. The van der Waals surface area contributed by atoms with Crippen molar-refractivity contribution in [3.05, 3.63) is 51.5 Å². The quantitative estimate of drug-likeness (QED) is 0.638. The van der Waals surface area contributed by atoms with Crippen LogP contribution in [0.5, 0.6) is 11.6 Å². The van der Waals surface area contributed by atoms with Gasteiger partial charge in [0.05, 0.1) is 16.7 Å². The Hall–Kier alpha value is -2.64. The minimum atomic E-state index is -0.969. The molecule has 1 aromatic carbocycles. The third-order valence-corrected chi connectivity index (χ3v) is 2.82. The Kier molecular flexibility index (Phi) is 4.06. The zero-order valence-corrected chi connectivity index (χ0v) is 11.3. The molecule has 21 heavy (non-hydrogen) atoms. The van der Waals surface area contributed by atoms with Crippen LogP contribution in [0.15, 0.2) is 18.5 Å². The molecule has 0 saturated carbocycles. The second kappa shape index (κ2) is 5.78. The van der Waals surface area contributed by atoms with Crippen LogP contribution < -0.4 is 4.74 Å². The number of nitro benzene ring substituents is 1. The third kappa shape index (κ3) is 2.93. The number of ether oxygens (including phenoxy) is 1. The molecule has 0 unspecified atom stereocenters. The monoisotopic (exact) mass is 295 g/mol. The highest BCUT2D eigenvalue weighted by molar-refractivity contribution is 5.46. The van der Waals surface area contributed by atoms with E-state index in [-0.39, 0.29) is 22.7 Å². The molecule has 0 aliphatic heterocycles. The normalized spacial score (nSPS) is 10.5. The largest absolute Gasteiger partial charge is 0.433 e. The number of nitro groups is 1. The predicted octanol–water partition coefficient (Wildman–Crippen LogP) is 3.33. The molecule has 0 N–H and O–H groups in total. The summed E-state index contributed by atoms with van der Waals surface area (Å²) in [5, 5.41) is 10.7. The van der Waals surface area contributed by atoms with Crippen molar-refractivity contribution >= 4 is 5.69 Å². The molecule has 6 nitrogen and oxygen atoms in total. The lowest BCUT2D eigenvalue weighted by atomic mass is 10.2. The zero-order valence-electron chi connectivity index (χ0n) is 11.3. The highest BCUT2D eigenvalue weighted by Gasteiger charge is 2.19. The van der Waals surface area contributed by atoms with Crippen LogP contribution in [0, 0.1) is 28.7 Å². The van der Waals surface area contributed by atoms with Crippen LogP contribution in [0.2, 0.25) is 0 Å². The average Bonchev–Trinajstić information content (AvgIpc) is 2.44. The summed E-state index contributed by atoms with van der Waals surface area (Å²) in [6, 6.07) is 1.85. The van der Waals surface area contributed by atoms with Gasteiger partial charge in [-0.3, -0.25) is 10.1 Å². The van der Waals surface area contributed by atoms with Crippen molar-refractivity contribution in [1.82, 2.24) is 9.97 Å². The highest BCUT2D eigenvalue weighted by atomic mass is 19.1. The van der Waals surface area contributed by atoms with E-state index < -0.39 is 22.4 Å². The van der Waals surface area contributed by atoms with Crippen LogP contribution in [0.3, 0.4) is 0 Å². The molecule has 1 aromatic heterocycles. The molecule has 2 rings (SSSR count). The Morgan fingerprint density at radius 3 is 2.67 bits per heavy atom. The first kappa shape index (κ1) is 14.8. The number of aromatic nitrogens is 2. The third-order valence-electron chi connectivity index (χ3n) is 2.82. The molecule has 8 heteroatoms. The maximum atomic E-state index is 13.9. The summed E-state index contributed by atoms with van der Waals surface area (Å²) in [6.07, 6.45) is 1.43. The van der Waals surface area contributed by atoms with Crippen molar-refractivity contribution in [2.45, 2.75) is 20.3 Å². The van der Waals surface area contributed by atoms with Gasteiger partial charge in [0.2, 0.25) is 5.82 Å². The fourth-order valence-corrected chi connectivity index (χ4v) is 1.73. The van der Waals surface area contributed by atoms with Crippen molar-refractivity contribution in [3.8, 4) is 11.6 Å². The summed E-state index contributed by atoms with van der Waals surface area (Å²) >= 11 is 0. The Balaban J connectivity index is 2.41. The minimum Gasteiger partial charge on any atom is -0.433 e. The second-order valence-electron chi connectivity index (χ2n) is 4.22. The summed E-state index contributed by atoms with van der Waals surface area (Å²) in [5.41, 5.74) is -0.0436. The Morgan fingerprint density at radius 1 is 1.33 bits per heavy atom. The molecular formula is C13H11F2N3O3. The summed E-state index contributed by atoms with van der Waals surface area (Å²) in [5.74, 6) is -2.51. The van der Waals surface area contributed by atoms with Gasteiger partial charge in [0.15, 0.2) is 11.6 Å². The molecule has 1 heterocycles. The fraction of sp³-hybridized carbons (Fsp3) is 0.231. The molecular weight excluding hydrogens is 284 g/mol. The summed E-state index contributed by atoms with van der Waals surface area (Å²) in [7, 11) is 0. The Bertz CT molecular complexity index is 707. The van der Waals surface area contributed by atoms with E-state index in [9.17, 15) is 18.9 Å². The number of nitrogens with zero attached hydrogens (tertiary/aromatic N) is 3. The van der Waals surface area contributed by atoms with Crippen molar-refractivity contribution in [2.24, 2.45) is 0 Å². The highest BCUT2D eigenvalue weighted by Crippen LogP contribution is 2.31. The van der Waals surface area contributed by atoms with Gasteiger partial charge >= 0.3 is 0 Å². The van der Waals surface area contributed by atoms with E-state index in [2.05, 4.69) is 9.97 Å². The van der Waals surface area contributed by atoms with E-state index in [1.807, 2.05) is 0 Å². The van der Waals surface area contributed by atoms with Crippen molar-refractivity contribution in [1.29, 1.82) is 0 Å². The molecule has 0 bridgehead atoms. The van der Waals surface area contributed by atoms with Gasteiger partial charge in [-0.05, 0) is 19.4 Å². The Morgan fingerprint density at radius 2 is 2.05 bits per heavy atom. The molecule has 0 radical (unpaired) electrons. The summed E-state index contributed by atoms with van der Waals surface area (Å²) in [6.45, 7) is 3.13. The van der Waals surface area contributed by atoms with Gasteiger partial charge in [-0.2, -0.15) is 9.37 Å². The average molecular weight is 295 g/mol. The van der Waals surface area contributed by atoms with Gasteiger partial charge < -0.3 is 4.74 Å². The number of aryl methyl sites for hydroxylation is 2. The molecule has 0 fully saturated rings. The van der Waals surface area contributed by atoms with Gasteiger partial charge in [0, 0.05) is 5.56 Å². The molecule has 0 saturated heterocycles. The zero-order chi connectivity index (χ0) is 15.6. The van der Waals surface area contributed by atoms with Crippen LogP contribution >= 0.6 is 0 Å². The molecule has 0 aliphatic rings. The first-order valence-corrected chi connectivity index (χ1v) is 6.05. The van der Waals surface area contributed by atoms with E-state index in [4.69, 9.17) is 4.74 Å². The van der Waals surface area contributed by atoms with E-state index in [0.29, 0.717) is 6.42 Å². The molecule has 0 amide bonds. The first-order valence-electron chi connectivity index (χ1n) is 6.05. The maximum absolute atomic E-state index is 13.9. The SMILES string of the molecule is CCc1ncnc(Oc2cc(C)c([N+](=O)[O-])cc2F)c1F. The van der Waals surface area contributed by atoms with Crippen LogP contribution in [-0.4, -0.2) is 14.9 Å². The number of halogens is 2. The lowest BCUT2D eigenvalue weighted by Gasteiger charge is -2.09. The molecule has 0 aliphatic carbocycles. The van der Waals surface area contributed by atoms with Gasteiger partial charge in [-0.15, -0.1) is 0 Å². The van der Waals surface area contributed by atoms with Crippen LogP contribution in [0.4, 0.5) is 14.5 Å². The van der Waals surface area contributed by atoms with E-state index in [0.717, 1.165) is 18.5 Å². The minimum absolute atomic E-state index is 0.138. The summed E-state index contributed by atoms with van der Waals surface area (Å²) in [4.78, 5) is 17.3. The standard InChI is InChI=1S/C13H11F2N3O3/c1-3-9-12(15)13(17-6-16-9)21-11-4-7(2)10(18(19)20)5-8(11)14/h4-6H,3H2,1-2H3. The maximum Gasteiger partial charge on any atom is 0.275 e. The van der Waals surface area contributed by atoms with Crippen molar-refractivity contribution in [3.63, 3.8) is 0 Å². The number of benzene rings is 1. The Labute approximate surface area is 118 Å². The van der Waals surface area contributed by atoms with Gasteiger partial charge in [-0.25, -0.2) is 9.37 Å². The first-order chi connectivity index (χ1) is 9.93. The van der Waals surface area contributed by atoms with Crippen molar-refractivity contribution in [2.75, 3.05) is 0 Å². The van der Waals surface area contributed by atoms with E-state index in [1.165, 1.54) is 6.92 Å². The number of rotatable bonds is 4. The second-order valence-corrected chi connectivity index (χ2v) is 4.22. The summed E-state index contributed by atoms with van der Waals surface area (Å²) < 4.78 is 32.8. The predicted molar refractivity (Wildman–Crippen MR) is 69.2 cm³/mol. The van der Waals surface area contributed by atoms with Crippen LogP contribution in [0.25, 0.3) is 0 Å². The van der Waals surface area contributed by atoms with Gasteiger partial charge in [-0.1, -0.05) is 6.92 Å².